The minimum Gasteiger partial charge on any atom is -0.261 e. The number of nitrogens with zero attached hydrogens (tertiary/aromatic N) is 2. The minimum atomic E-state index is -3.69. The normalized spacial score (nSPS) is 11.6. The standard InChI is InChI=1S/C12H9N3O2S2/c16-19(17,11-7-3-4-8-13-11)15-12-9-5-1-2-6-10(9)18-14-12/h1-8H,(H,14,15). The first kappa shape index (κ1) is 12.1. The highest BCUT2D eigenvalue weighted by atomic mass is 32.2. The first-order chi connectivity index (χ1) is 9.17. The highest BCUT2D eigenvalue weighted by Crippen LogP contribution is 2.27. The largest absolute Gasteiger partial charge is 0.280 e. The van der Waals surface area contributed by atoms with Gasteiger partial charge in [-0.2, -0.15) is 12.8 Å². The van der Waals surface area contributed by atoms with E-state index in [-0.39, 0.29) is 5.03 Å². The molecule has 0 aliphatic carbocycles. The highest BCUT2D eigenvalue weighted by Gasteiger charge is 2.18. The molecule has 0 aliphatic heterocycles. The molecule has 0 saturated heterocycles. The van der Waals surface area contributed by atoms with E-state index >= 15 is 0 Å². The Morgan fingerprint density at radius 2 is 1.84 bits per heavy atom. The molecule has 0 radical (unpaired) electrons. The fraction of sp³-hybridized carbons (Fsp3) is 0. The van der Waals surface area contributed by atoms with Gasteiger partial charge in [0, 0.05) is 11.6 Å². The molecule has 7 heteroatoms. The first-order valence-electron chi connectivity index (χ1n) is 5.45. The molecule has 5 nitrogen and oxygen atoms in total. The van der Waals surface area contributed by atoms with E-state index in [2.05, 4.69) is 14.1 Å². The van der Waals surface area contributed by atoms with Crippen molar-refractivity contribution in [2.45, 2.75) is 5.03 Å². The number of fused-ring (bicyclic) bond motifs is 1. The predicted octanol–water partition coefficient (Wildman–Crippen LogP) is 2.49. The van der Waals surface area contributed by atoms with Gasteiger partial charge >= 0.3 is 0 Å². The lowest BCUT2D eigenvalue weighted by Gasteiger charge is -2.04. The average Bonchev–Trinajstić information content (AvgIpc) is 2.83. The summed E-state index contributed by atoms with van der Waals surface area (Å²) in [6.45, 7) is 0. The first-order valence-corrected chi connectivity index (χ1v) is 7.71. The van der Waals surface area contributed by atoms with E-state index in [0.29, 0.717) is 5.82 Å². The fourth-order valence-electron chi connectivity index (χ4n) is 1.65. The second kappa shape index (κ2) is 4.60. The molecule has 96 valence electrons. The third-order valence-electron chi connectivity index (χ3n) is 2.52. The van der Waals surface area contributed by atoms with Gasteiger partial charge in [0.1, 0.15) is 0 Å². The van der Waals surface area contributed by atoms with E-state index in [9.17, 15) is 8.42 Å². The van der Waals surface area contributed by atoms with Crippen LogP contribution >= 0.6 is 11.5 Å². The summed E-state index contributed by atoms with van der Waals surface area (Å²) in [6, 6.07) is 12.2. The summed E-state index contributed by atoms with van der Waals surface area (Å²) in [5, 5.41) is 0.763. The number of hydrogen-bond donors (Lipinski definition) is 1. The molecule has 1 aromatic carbocycles. The van der Waals surface area contributed by atoms with E-state index in [1.165, 1.54) is 23.8 Å². The second-order valence-corrected chi connectivity index (χ2v) is 6.24. The van der Waals surface area contributed by atoms with Gasteiger partial charge in [-0.05, 0) is 35.8 Å². The maximum atomic E-state index is 12.1. The SMILES string of the molecule is O=S(=O)(Nc1nsc2ccccc12)c1ccccn1. The molecular formula is C12H9N3O2S2. The van der Waals surface area contributed by atoms with Crippen LogP contribution in [0.5, 0.6) is 0 Å². The Balaban J connectivity index is 2.02. The predicted molar refractivity (Wildman–Crippen MR) is 74.7 cm³/mol. The lowest BCUT2D eigenvalue weighted by molar-refractivity contribution is 0.597. The molecule has 0 bridgehead atoms. The van der Waals surface area contributed by atoms with Gasteiger partial charge < -0.3 is 0 Å². The number of benzene rings is 1. The molecule has 0 amide bonds. The number of hydrogen-bond acceptors (Lipinski definition) is 5. The van der Waals surface area contributed by atoms with E-state index in [1.54, 1.807) is 12.1 Å². The lowest BCUT2D eigenvalue weighted by atomic mass is 10.3. The molecule has 2 heterocycles. The van der Waals surface area contributed by atoms with Crippen molar-refractivity contribution in [3.63, 3.8) is 0 Å². The molecular weight excluding hydrogens is 282 g/mol. The summed E-state index contributed by atoms with van der Waals surface area (Å²) in [7, 11) is -3.69. The molecule has 0 spiro atoms. The van der Waals surface area contributed by atoms with E-state index in [0.717, 1.165) is 10.1 Å². The Morgan fingerprint density at radius 3 is 2.63 bits per heavy atom. The van der Waals surface area contributed by atoms with Crippen molar-refractivity contribution in [1.29, 1.82) is 0 Å². The Labute approximate surface area is 114 Å². The van der Waals surface area contributed by atoms with Crippen molar-refractivity contribution in [2.75, 3.05) is 4.72 Å². The molecule has 3 aromatic rings. The molecule has 0 fully saturated rings. The molecule has 2 aromatic heterocycles. The zero-order chi connectivity index (χ0) is 13.3. The third kappa shape index (κ3) is 2.29. The van der Waals surface area contributed by atoms with Crippen LogP contribution in [0.25, 0.3) is 10.1 Å². The minimum absolute atomic E-state index is 0.0212. The Morgan fingerprint density at radius 1 is 1.05 bits per heavy atom. The maximum Gasteiger partial charge on any atom is 0.280 e. The van der Waals surface area contributed by atoms with Crippen LogP contribution in [-0.2, 0) is 10.0 Å². The third-order valence-corrected chi connectivity index (χ3v) is 4.60. The second-order valence-electron chi connectivity index (χ2n) is 3.80. The number of rotatable bonds is 3. The van der Waals surface area contributed by atoms with Crippen molar-refractivity contribution < 1.29 is 8.42 Å². The monoisotopic (exact) mass is 291 g/mol. The average molecular weight is 291 g/mol. The maximum absolute atomic E-state index is 12.1. The van der Waals surface area contributed by atoms with Crippen LogP contribution in [-0.4, -0.2) is 17.8 Å². The summed E-state index contributed by atoms with van der Waals surface area (Å²) in [5.74, 6) is 0.339. The van der Waals surface area contributed by atoms with E-state index in [1.807, 2.05) is 24.3 Å². The van der Waals surface area contributed by atoms with Crippen molar-refractivity contribution >= 4 is 37.5 Å². The molecule has 0 atom stereocenters. The number of sulfonamides is 1. The van der Waals surface area contributed by atoms with Crippen LogP contribution in [0.1, 0.15) is 0 Å². The van der Waals surface area contributed by atoms with Crippen molar-refractivity contribution in [3.05, 3.63) is 48.7 Å². The number of anilines is 1. The summed E-state index contributed by atoms with van der Waals surface area (Å²) < 4.78 is 31.8. The van der Waals surface area contributed by atoms with Gasteiger partial charge in [-0.3, -0.25) is 4.72 Å². The van der Waals surface area contributed by atoms with Crippen molar-refractivity contribution in [1.82, 2.24) is 9.36 Å². The zero-order valence-electron chi connectivity index (χ0n) is 9.65. The van der Waals surface area contributed by atoms with Gasteiger partial charge in [-0.25, -0.2) is 4.98 Å². The quantitative estimate of drug-likeness (QED) is 0.804. The topological polar surface area (TPSA) is 72.0 Å². The number of nitrogens with one attached hydrogen (secondary N) is 1. The van der Waals surface area contributed by atoms with Crippen molar-refractivity contribution in [3.8, 4) is 0 Å². The van der Waals surface area contributed by atoms with Crippen LogP contribution in [0, 0.1) is 0 Å². The molecule has 0 aliphatic rings. The number of aromatic nitrogens is 2. The van der Waals surface area contributed by atoms with Crippen LogP contribution in [0.4, 0.5) is 5.82 Å². The van der Waals surface area contributed by atoms with Crippen LogP contribution in [0.3, 0.4) is 0 Å². The highest BCUT2D eigenvalue weighted by molar-refractivity contribution is 7.92. The van der Waals surface area contributed by atoms with Crippen LogP contribution in [0.15, 0.2) is 53.7 Å². The van der Waals surface area contributed by atoms with Gasteiger partial charge in [-0.15, -0.1) is 0 Å². The summed E-state index contributed by atoms with van der Waals surface area (Å²) in [4.78, 5) is 3.84. The molecule has 19 heavy (non-hydrogen) atoms. The summed E-state index contributed by atoms with van der Waals surface area (Å²) in [6.07, 6.45) is 1.44. The van der Waals surface area contributed by atoms with Gasteiger partial charge in [0.15, 0.2) is 10.8 Å². The summed E-state index contributed by atoms with van der Waals surface area (Å²) in [5.41, 5.74) is 0. The Hall–Kier alpha value is -1.99. The fourth-order valence-corrected chi connectivity index (χ4v) is 3.41. The molecule has 0 saturated carbocycles. The van der Waals surface area contributed by atoms with Gasteiger partial charge in [-0.1, -0.05) is 18.2 Å². The Kier molecular flexibility index (Phi) is 2.92. The van der Waals surface area contributed by atoms with Crippen LogP contribution in [0.2, 0.25) is 0 Å². The number of pyridine rings is 1. The van der Waals surface area contributed by atoms with Gasteiger partial charge in [0.25, 0.3) is 10.0 Å². The van der Waals surface area contributed by atoms with Gasteiger partial charge in [0.05, 0.1) is 4.70 Å². The van der Waals surface area contributed by atoms with Crippen LogP contribution < -0.4 is 4.72 Å². The van der Waals surface area contributed by atoms with E-state index < -0.39 is 10.0 Å². The Bertz CT molecular complexity index is 813. The smallest absolute Gasteiger partial charge is 0.261 e. The van der Waals surface area contributed by atoms with Gasteiger partial charge in [0.2, 0.25) is 0 Å². The zero-order valence-corrected chi connectivity index (χ0v) is 11.3. The molecule has 3 rings (SSSR count). The van der Waals surface area contributed by atoms with Crippen molar-refractivity contribution in [2.24, 2.45) is 0 Å². The molecule has 0 unspecified atom stereocenters. The summed E-state index contributed by atoms with van der Waals surface area (Å²) >= 11 is 1.25. The molecule has 1 N–H and O–H groups in total. The van der Waals surface area contributed by atoms with E-state index in [4.69, 9.17) is 0 Å². The lowest BCUT2D eigenvalue weighted by Crippen LogP contribution is -2.14.